The molecular weight excluding hydrogens is 308 g/mol. The molecule has 1 aromatic rings. The first-order valence-corrected chi connectivity index (χ1v) is 8.39. The van der Waals surface area contributed by atoms with Crippen LogP contribution in [0.1, 0.15) is 43.9 Å². The highest BCUT2D eigenvalue weighted by atomic mass is 35.5. The van der Waals surface area contributed by atoms with Crippen LogP contribution in [0.3, 0.4) is 0 Å². The van der Waals surface area contributed by atoms with Crippen molar-refractivity contribution in [2.45, 2.75) is 51.3 Å². The van der Waals surface area contributed by atoms with Gasteiger partial charge in [0.15, 0.2) is 0 Å². The van der Waals surface area contributed by atoms with Crippen molar-refractivity contribution >= 4 is 22.4 Å². The summed E-state index contributed by atoms with van der Waals surface area (Å²) in [6, 6.07) is 3.93. The van der Waals surface area contributed by atoms with E-state index in [-0.39, 0.29) is 17.8 Å². The summed E-state index contributed by atoms with van der Waals surface area (Å²) in [5, 5.41) is 0. The Morgan fingerprint density at radius 2 is 1.62 bits per heavy atom. The minimum Gasteiger partial charge on any atom is -0.330 e. The maximum Gasteiger partial charge on any atom is 0.241 e. The summed E-state index contributed by atoms with van der Waals surface area (Å²) in [4.78, 5) is 0.391. The molecule has 122 valence electrons. The fourth-order valence-electron chi connectivity index (χ4n) is 2.19. The van der Waals surface area contributed by atoms with E-state index in [0.29, 0.717) is 24.4 Å². The second-order valence-corrected chi connectivity index (χ2v) is 7.93. The zero-order valence-electron chi connectivity index (χ0n) is 13.5. The number of rotatable bonds is 5. The van der Waals surface area contributed by atoms with Crippen molar-refractivity contribution in [1.82, 2.24) is 4.72 Å². The topological polar surface area (TPSA) is 72.2 Å². The first kappa shape index (κ1) is 20.4. The number of nitrogens with one attached hydrogen (secondary N) is 1. The first-order valence-electron chi connectivity index (χ1n) is 6.91. The molecule has 0 unspecified atom stereocenters. The molecule has 0 aliphatic carbocycles. The van der Waals surface area contributed by atoms with Crippen LogP contribution in [0.4, 0.5) is 0 Å². The molecule has 0 atom stereocenters. The van der Waals surface area contributed by atoms with E-state index in [1.165, 1.54) is 0 Å². The van der Waals surface area contributed by atoms with Crippen molar-refractivity contribution in [3.05, 3.63) is 28.8 Å². The lowest BCUT2D eigenvalue weighted by Gasteiger charge is -2.22. The molecule has 4 nitrogen and oxygen atoms in total. The molecule has 0 heterocycles. The van der Waals surface area contributed by atoms with Crippen LogP contribution in [0.2, 0.25) is 0 Å². The summed E-state index contributed by atoms with van der Waals surface area (Å²) in [5.74, 6) is 0. The molecule has 6 heteroatoms. The third-order valence-electron chi connectivity index (χ3n) is 3.27. The average Bonchev–Trinajstić information content (AvgIpc) is 2.26. The fourth-order valence-corrected chi connectivity index (χ4v) is 3.71. The summed E-state index contributed by atoms with van der Waals surface area (Å²) in [6.07, 6.45) is 0.636. The van der Waals surface area contributed by atoms with Gasteiger partial charge in [-0.05, 0) is 48.9 Å². The van der Waals surface area contributed by atoms with Gasteiger partial charge in [-0.15, -0.1) is 12.4 Å². The monoisotopic (exact) mass is 334 g/mol. The molecule has 0 saturated carbocycles. The van der Waals surface area contributed by atoms with Crippen LogP contribution < -0.4 is 10.5 Å². The molecule has 0 saturated heterocycles. The van der Waals surface area contributed by atoms with Gasteiger partial charge < -0.3 is 5.73 Å². The molecule has 0 aliphatic rings. The van der Waals surface area contributed by atoms with Crippen LogP contribution >= 0.6 is 12.4 Å². The summed E-state index contributed by atoms with van der Waals surface area (Å²) in [7, 11) is -3.46. The van der Waals surface area contributed by atoms with Crippen LogP contribution in [-0.4, -0.2) is 21.5 Å². The minimum absolute atomic E-state index is 0. The smallest absolute Gasteiger partial charge is 0.241 e. The highest BCUT2D eigenvalue weighted by molar-refractivity contribution is 7.89. The van der Waals surface area contributed by atoms with Crippen LogP contribution in [0.15, 0.2) is 17.0 Å². The van der Waals surface area contributed by atoms with Gasteiger partial charge in [-0.3, -0.25) is 0 Å². The molecule has 0 amide bonds. The highest BCUT2D eigenvalue weighted by Crippen LogP contribution is 2.28. The van der Waals surface area contributed by atoms with E-state index < -0.39 is 10.0 Å². The predicted molar refractivity (Wildman–Crippen MR) is 90.7 cm³/mol. The van der Waals surface area contributed by atoms with E-state index in [0.717, 1.165) is 16.7 Å². The number of aryl methyl sites for hydroxylation is 2. The lowest BCUT2D eigenvalue weighted by atomic mass is 9.85. The molecule has 1 rings (SSSR count). The maximum atomic E-state index is 12.4. The number of hydrogen-bond acceptors (Lipinski definition) is 3. The van der Waals surface area contributed by atoms with E-state index in [1.54, 1.807) is 0 Å². The Hall–Kier alpha value is -0.620. The number of sulfonamides is 1. The van der Waals surface area contributed by atoms with Crippen LogP contribution in [-0.2, 0) is 15.4 Å². The van der Waals surface area contributed by atoms with Gasteiger partial charge in [-0.25, -0.2) is 13.1 Å². The quantitative estimate of drug-likeness (QED) is 0.813. The Bertz CT molecular complexity index is 555. The lowest BCUT2D eigenvalue weighted by molar-refractivity contribution is 0.574. The molecule has 3 N–H and O–H groups in total. The Morgan fingerprint density at radius 1 is 1.14 bits per heavy atom. The predicted octanol–water partition coefficient (Wildman–Crippen LogP) is 2.65. The van der Waals surface area contributed by atoms with Crippen molar-refractivity contribution in [2.75, 3.05) is 13.1 Å². The van der Waals surface area contributed by atoms with Crippen LogP contribution in [0.5, 0.6) is 0 Å². The van der Waals surface area contributed by atoms with Crippen molar-refractivity contribution < 1.29 is 8.42 Å². The largest absolute Gasteiger partial charge is 0.330 e. The van der Waals surface area contributed by atoms with Gasteiger partial charge in [0.1, 0.15) is 0 Å². The van der Waals surface area contributed by atoms with Gasteiger partial charge >= 0.3 is 0 Å². The van der Waals surface area contributed by atoms with Gasteiger partial charge in [0.25, 0.3) is 0 Å². The van der Waals surface area contributed by atoms with Crippen molar-refractivity contribution in [3.63, 3.8) is 0 Å². The molecule has 0 fully saturated rings. The summed E-state index contributed by atoms with van der Waals surface area (Å²) in [6.45, 7) is 10.9. The second kappa shape index (κ2) is 7.58. The van der Waals surface area contributed by atoms with Gasteiger partial charge in [-0.1, -0.05) is 32.9 Å². The van der Waals surface area contributed by atoms with Gasteiger partial charge in [0.05, 0.1) is 4.90 Å². The van der Waals surface area contributed by atoms with Crippen molar-refractivity contribution in [2.24, 2.45) is 5.73 Å². The lowest BCUT2D eigenvalue weighted by Crippen LogP contribution is -2.28. The van der Waals surface area contributed by atoms with Gasteiger partial charge in [0.2, 0.25) is 10.0 Å². The number of nitrogens with two attached hydrogens (primary N) is 1. The number of hydrogen-bond donors (Lipinski definition) is 2. The average molecular weight is 335 g/mol. The Kier molecular flexibility index (Phi) is 7.36. The summed E-state index contributed by atoms with van der Waals surface area (Å²) >= 11 is 0. The highest BCUT2D eigenvalue weighted by Gasteiger charge is 2.22. The number of halogens is 1. The van der Waals surface area contributed by atoms with Gasteiger partial charge in [-0.2, -0.15) is 0 Å². The SMILES string of the molecule is Cc1cc(C(C)(C)C)cc(C)c1S(=O)(=O)NCCCN.Cl. The zero-order chi connectivity index (χ0) is 15.6. The first-order chi connectivity index (χ1) is 9.09. The molecule has 0 bridgehead atoms. The van der Waals surface area contributed by atoms with E-state index >= 15 is 0 Å². The molecule has 21 heavy (non-hydrogen) atoms. The van der Waals surface area contributed by atoms with Crippen molar-refractivity contribution in [1.29, 1.82) is 0 Å². The molecule has 0 aliphatic heterocycles. The van der Waals surface area contributed by atoms with Crippen LogP contribution in [0, 0.1) is 13.8 Å². The minimum atomic E-state index is -3.46. The molecule has 1 aromatic carbocycles. The normalized spacial score (nSPS) is 12.1. The zero-order valence-corrected chi connectivity index (χ0v) is 15.1. The van der Waals surface area contributed by atoms with E-state index in [4.69, 9.17) is 5.73 Å². The standard InChI is InChI=1S/C15H26N2O2S.ClH/c1-11-9-13(15(3,4)5)10-12(2)14(11)20(18,19)17-8-6-7-16;/h9-10,17H,6-8,16H2,1-5H3;1H. The Morgan fingerprint density at radius 3 is 2.00 bits per heavy atom. The second-order valence-electron chi connectivity index (χ2n) is 6.23. The summed E-state index contributed by atoms with van der Waals surface area (Å²) in [5.41, 5.74) is 8.12. The van der Waals surface area contributed by atoms with E-state index in [2.05, 4.69) is 25.5 Å². The fraction of sp³-hybridized carbons (Fsp3) is 0.600. The summed E-state index contributed by atoms with van der Waals surface area (Å²) < 4.78 is 27.3. The number of benzene rings is 1. The Balaban J connectivity index is 0.00000400. The molecule has 0 spiro atoms. The maximum absolute atomic E-state index is 12.4. The van der Waals surface area contributed by atoms with Crippen molar-refractivity contribution in [3.8, 4) is 0 Å². The third kappa shape index (κ3) is 5.25. The van der Waals surface area contributed by atoms with E-state index in [1.807, 2.05) is 26.0 Å². The third-order valence-corrected chi connectivity index (χ3v) is 5.03. The van der Waals surface area contributed by atoms with Crippen LogP contribution in [0.25, 0.3) is 0 Å². The van der Waals surface area contributed by atoms with E-state index in [9.17, 15) is 8.42 Å². The molecular formula is C15H27ClN2O2S. The molecule has 0 aromatic heterocycles. The molecule has 0 radical (unpaired) electrons. The van der Waals surface area contributed by atoms with Gasteiger partial charge in [0, 0.05) is 6.54 Å². The Labute approximate surface area is 135 Å².